The number of hydrogen-bond donors (Lipinski definition) is 3. The molecule has 2 aromatic carbocycles. The molecular formula is C18H17ClFN3O4S. The first-order chi connectivity index (χ1) is 13.1. The molecular weight excluding hydrogens is 409 g/mol. The fraction of sp³-hybridized carbons (Fsp3) is 0.222. The monoisotopic (exact) mass is 425 g/mol. The first-order valence-corrected chi connectivity index (χ1v) is 10.5. The molecule has 7 nitrogen and oxygen atoms in total. The Bertz CT molecular complexity index is 1030. The van der Waals surface area contributed by atoms with Crippen molar-refractivity contribution in [3.8, 4) is 0 Å². The summed E-state index contributed by atoms with van der Waals surface area (Å²) < 4.78 is 36.9. The summed E-state index contributed by atoms with van der Waals surface area (Å²) in [5, 5.41) is 7.66. The molecule has 3 rings (SSSR count). The molecule has 1 unspecified atom stereocenters. The van der Waals surface area contributed by atoms with Crippen molar-refractivity contribution < 1.29 is 22.4 Å². The fourth-order valence-corrected chi connectivity index (χ4v) is 3.63. The van der Waals surface area contributed by atoms with Gasteiger partial charge in [-0.05, 0) is 35.4 Å². The van der Waals surface area contributed by atoms with E-state index in [2.05, 4.69) is 16.0 Å². The summed E-state index contributed by atoms with van der Waals surface area (Å²) in [6, 6.07) is 8.08. The van der Waals surface area contributed by atoms with Gasteiger partial charge in [0.15, 0.2) is 9.84 Å². The summed E-state index contributed by atoms with van der Waals surface area (Å²) in [5.74, 6) is -1.05. The van der Waals surface area contributed by atoms with Crippen LogP contribution in [-0.2, 0) is 14.6 Å². The summed E-state index contributed by atoms with van der Waals surface area (Å²) in [5.41, 5.74) is 1.07. The van der Waals surface area contributed by atoms with Gasteiger partial charge in [-0.25, -0.2) is 17.6 Å². The second kappa shape index (κ2) is 7.76. The van der Waals surface area contributed by atoms with Gasteiger partial charge >= 0.3 is 6.03 Å². The number of halogens is 2. The summed E-state index contributed by atoms with van der Waals surface area (Å²) in [6.07, 6.45) is 1.09. The molecule has 0 radical (unpaired) electrons. The van der Waals surface area contributed by atoms with Crippen LogP contribution in [0.1, 0.15) is 17.2 Å². The smallest absolute Gasteiger partial charge is 0.315 e. The minimum atomic E-state index is -3.38. The van der Waals surface area contributed by atoms with Crippen molar-refractivity contribution in [2.75, 3.05) is 12.8 Å². The Morgan fingerprint density at radius 1 is 1.21 bits per heavy atom. The van der Waals surface area contributed by atoms with Gasteiger partial charge in [-0.3, -0.25) is 4.79 Å². The second-order valence-corrected chi connectivity index (χ2v) is 8.79. The van der Waals surface area contributed by atoms with E-state index in [9.17, 15) is 22.4 Å². The molecule has 1 heterocycles. The number of rotatable bonds is 5. The van der Waals surface area contributed by atoms with Gasteiger partial charge in [0.05, 0.1) is 16.0 Å². The number of urea groups is 1. The highest BCUT2D eigenvalue weighted by molar-refractivity contribution is 7.90. The summed E-state index contributed by atoms with van der Waals surface area (Å²) >= 11 is 5.88. The summed E-state index contributed by atoms with van der Waals surface area (Å²) in [4.78, 5) is 24.0. The molecule has 2 aromatic rings. The molecule has 2 atom stereocenters. The van der Waals surface area contributed by atoms with Gasteiger partial charge < -0.3 is 16.0 Å². The third-order valence-electron chi connectivity index (χ3n) is 4.29. The number of nitrogens with one attached hydrogen (secondary N) is 3. The van der Waals surface area contributed by atoms with Gasteiger partial charge in [-0.2, -0.15) is 0 Å². The van der Waals surface area contributed by atoms with Crippen LogP contribution >= 0.6 is 11.6 Å². The zero-order valence-corrected chi connectivity index (χ0v) is 16.3. The van der Waals surface area contributed by atoms with Crippen molar-refractivity contribution in [2.24, 2.45) is 0 Å². The SMILES string of the molecule is CS(=O)(=O)c1ccc([C@H](NC(=O)C2CNC(=O)N2)c2ccc(F)c(Cl)c2)cc1. The topological polar surface area (TPSA) is 104 Å². The standard InChI is InChI=1S/C18H17ClFN3O4S/c1-28(26,27)12-5-2-10(3-6-12)16(11-4-7-14(20)13(19)8-11)23-17(24)15-9-21-18(25)22-15/h2-8,15-16H,9H2,1H3,(H,23,24)(H2,21,22,25)/t15?,16-/m0/s1. The van der Waals surface area contributed by atoms with E-state index in [4.69, 9.17) is 11.6 Å². The lowest BCUT2D eigenvalue weighted by atomic mass is 9.98. The molecule has 0 bridgehead atoms. The second-order valence-electron chi connectivity index (χ2n) is 6.36. The first-order valence-electron chi connectivity index (χ1n) is 8.25. The van der Waals surface area contributed by atoms with Gasteiger partial charge in [0.2, 0.25) is 5.91 Å². The molecule has 1 saturated heterocycles. The van der Waals surface area contributed by atoms with Crippen LogP contribution in [0.5, 0.6) is 0 Å². The minimum absolute atomic E-state index is 0.111. The highest BCUT2D eigenvalue weighted by Crippen LogP contribution is 2.27. The zero-order valence-electron chi connectivity index (χ0n) is 14.7. The maximum absolute atomic E-state index is 13.6. The van der Waals surface area contributed by atoms with Crippen LogP contribution in [0.4, 0.5) is 9.18 Å². The Morgan fingerprint density at radius 2 is 1.86 bits per heavy atom. The minimum Gasteiger partial charge on any atom is -0.343 e. The number of carbonyl (C=O) groups is 2. The van der Waals surface area contributed by atoms with Crippen LogP contribution < -0.4 is 16.0 Å². The van der Waals surface area contributed by atoms with Gasteiger partial charge in [-0.1, -0.05) is 29.8 Å². The summed E-state index contributed by atoms with van der Waals surface area (Å²) in [6.45, 7) is 0.134. The molecule has 0 spiro atoms. The number of amides is 3. The van der Waals surface area contributed by atoms with Crippen LogP contribution in [0.3, 0.4) is 0 Å². The van der Waals surface area contributed by atoms with Gasteiger partial charge in [0.1, 0.15) is 11.9 Å². The van der Waals surface area contributed by atoms with Gasteiger partial charge in [0.25, 0.3) is 0 Å². The van der Waals surface area contributed by atoms with Crippen molar-refractivity contribution in [2.45, 2.75) is 17.0 Å². The normalized spacial score (nSPS) is 17.5. The van der Waals surface area contributed by atoms with Gasteiger partial charge in [0, 0.05) is 12.8 Å². The molecule has 0 saturated carbocycles. The summed E-state index contributed by atoms with van der Waals surface area (Å²) in [7, 11) is -3.38. The first kappa shape index (κ1) is 20.1. The van der Waals surface area contributed by atoms with Crippen molar-refractivity contribution in [1.29, 1.82) is 0 Å². The third kappa shape index (κ3) is 4.42. The number of hydrogen-bond acceptors (Lipinski definition) is 4. The number of carbonyl (C=O) groups excluding carboxylic acids is 2. The quantitative estimate of drug-likeness (QED) is 0.679. The van der Waals surface area contributed by atoms with E-state index in [1.807, 2.05) is 0 Å². The van der Waals surface area contributed by atoms with Crippen molar-refractivity contribution in [1.82, 2.24) is 16.0 Å². The average Bonchev–Trinajstić information content (AvgIpc) is 3.08. The molecule has 3 N–H and O–H groups in total. The van der Waals surface area contributed by atoms with Crippen LogP contribution in [0.15, 0.2) is 47.4 Å². The predicted octanol–water partition coefficient (Wildman–Crippen LogP) is 1.77. The van der Waals surface area contributed by atoms with Gasteiger partial charge in [-0.15, -0.1) is 0 Å². The van der Waals surface area contributed by atoms with E-state index >= 15 is 0 Å². The lowest BCUT2D eigenvalue weighted by Crippen LogP contribution is -2.44. The molecule has 1 aliphatic heterocycles. The van der Waals surface area contributed by atoms with E-state index in [-0.39, 0.29) is 16.5 Å². The van der Waals surface area contributed by atoms with Crippen LogP contribution in [0.2, 0.25) is 5.02 Å². The molecule has 1 fully saturated rings. The molecule has 3 amide bonds. The average molecular weight is 426 g/mol. The lowest BCUT2D eigenvalue weighted by Gasteiger charge is -2.22. The van der Waals surface area contributed by atoms with Crippen LogP contribution in [-0.4, -0.2) is 39.2 Å². The Labute approximate surface area is 166 Å². The maximum Gasteiger partial charge on any atom is 0.315 e. The zero-order chi connectivity index (χ0) is 20.5. The van der Waals surface area contributed by atoms with E-state index in [1.54, 1.807) is 12.1 Å². The Balaban J connectivity index is 1.95. The Kier molecular flexibility index (Phi) is 5.57. The van der Waals surface area contributed by atoms with E-state index < -0.39 is 39.7 Å². The van der Waals surface area contributed by atoms with E-state index in [1.165, 1.54) is 30.3 Å². The van der Waals surface area contributed by atoms with Crippen molar-refractivity contribution >= 4 is 33.4 Å². The highest BCUT2D eigenvalue weighted by atomic mass is 35.5. The maximum atomic E-state index is 13.6. The predicted molar refractivity (Wildman–Crippen MR) is 101 cm³/mol. The molecule has 28 heavy (non-hydrogen) atoms. The number of benzene rings is 2. The Hall–Kier alpha value is -2.65. The highest BCUT2D eigenvalue weighted by Gasteiger charge is 2.29. The molecule has 148 valence electrons. The van der Waals surface area contributed by atoms with E-state index in [0.717, 1.165) is 6.26 Å². The Morgan fingerprint density at radius 3 is 2.39 bits per heavy atom. The molecule has 1 aliphatic rings. The molecule has 0 aromatic heterocycles. The fourth-order valence-electron chi connectivity index (χ4n) is 2.81. The van der Waals surface area contributed by atoms with E-state index in [0.29, 0.717) is 11.1 Å². The van der Waals surface area contributed by atoms with Crippen molar-refractivity contribution in [3.05, 3.63) is 64.4 Å². The van der Waals surface area contributed by atoms with Crippen LogP contribution in [0, 0.1) is 5.82 Å². The molecule has 0 aliphatic carbocycles. The number of sulfone groups is 1. The lowest BCUT2D eigenvalue weighted by molar-refractivity contribution is -0.122. The molecule has 10 heteroatoms. The van der Waals surface area contributed by atoms with Crippen LogP contribution in [0.25, 0.3) is 0 Å². The van der Waals surface area contributed by atoms with Crippen molar-refractivity contribution in [3.63, 3.8) is 0 Å². The largest absolute Gasteiger partial charge is 0.343 e. The third-order valence-corrected chi connectivity index (χ3v) is 5.71.